The van der Waals surface area contributed by atoms with Gasteiger partial charge in [0.15, 0.2) is 0 Å². The average molecular weight is 332 g/mol. The van der Waals surface area contributed by atoms with Crippen LogP contribution in [0, 0.1) is 0 Å². The van der Waals surface area contributed by atoms with Crippen LogP contribution in [0.4, 0.5) is 5.69 Å². The molecular formula is C16H14BrNO2. The van der Waals surface area contributed by atoms with E-state index in [2.05, 4.69) is 21.2 Å². The number of aliphatic hydroxyl groups is 1. The summed E-state index contributed by atoms with van der Waals surface area (Å²) in [5.41, 5.74) is 3.75. The normalized spacial score (nSPS) is 14.8. The largest absolute Gasteiger partial charge is 0.388 e. The second kappa shape index (κ2) is 5.38. The number of benzene rings is 2. The third-order valence-corrected chi connectivity index (χ3v) is 4.01. The Bertz CT molecular complexity index is 652. The lowest BCUT2D eigenvalue weighted by molar-refractivity contribution is -0.115. The first kappa shape index (κ1) is 13.3. The Morgan fingerprint density at radius 1 is 1.20 bits per heavy atom. The molecule has 0 aliphatic carbocycles. The molecular weight excluding hydrogens is 318 g/mol. The number of carbonyl (C=O) groups excluding carboxylic acids is 1. The van der Waals surface area contributed by atoms with Gasteiger partial charge in [-0.3, -0.25) is 4.79 Å². The summed E-state index contributed by atoms with van der Waals surface area (Å²) < 4.78 is 1.03. The van der Waals surface area contributed by atoms with Crippen LogP contribution < -0.4 is 5.32 Å². The first-order valence-corrected chi connectivity index (χ1v) is 7.26. The second-order valence-corrected chi connectivity index (χ2v) is 5.90. The lowest BCUT2D eigenvalue weighted by Crippen LogP contribution is -2.03. The molecule has 1 aliphatic rings. The molecule has 1 amide bonds. The summed E-state index contributed by atoms with van der Waals surface area (Å²) in [5, 5.41) is 13.1. The molecule has 0 aromatic heterocycles. The highest BCUT2D eigenvalue weighted by molar-refractivity contribution is 9.10. The highest BCUT2D eigenvalue weighted by atomic mass is 79.9. The molecule has 2 aromatic rings. The summed E-state index contributed by atoms with van der Waals surface area (Å²) in [7, 11) is 0. The fourth-order valence-electron chi connectivity index (χ4n) is 2.42. The predicted octanol–water partition coefficient (Wildman–Crippen LogP) is 3.22. The summed E-state index contributed by atoms with van der Waals surface area (Å²) in [6.07, 6.45) is 0.402. The highest BCUT2D eigenvalue weighted by Gasteiger charge is 2.19. The number of nitrogens with one attached hydrogen (secondary N) is 1. The lowest BCUT2D eigenvalue weighted by Gasteiger charge is -2.12. The third-order valence-electron chi connectivity index (χ3n) is 3.48. The molecule has 0 saturated carbocycles. The predicted molar refractivity (Wildman–Crippen MR) is 81.6 cm³/mol. The van der Waals surface area contributed by atoms with Crippen LogP contribution in [0.3, 0.4) is 0 Å². The van der Waals surface area contributed by atoms with Gasteiger partial charge in [-0.2, -0.15) is 0 Å². The number of rotatable bonds is 3. The second-order valence-electron chi connectivity index (χ2n) is 4.99. The van der Waals surface area contributed by atoms with Crippen molar-refractivity contribution in [3.63, 3.8) is 0 Å². The van der Waals surface area contributed by atoms with Gasteiger partial charge in [-0.25, -0.2) is 0 Å². The van der Waals surface area contributed by atoms with Crippen LogP contribution in [0.25, 0.3) is 0 Å². The molecule has 1 unspecified atom stereocenters. The Labute approximate surface area is 125 Å². The number of hydrogen-bond donors (Lipinski definition) is 2. The van der Waals surface area contributed by atoms with Crippen LogP contribution in [0.5, 0.6) is 0 Å². The molecule has 1 atom stereocenters. The average Bonchev–Trinajstić information content (AvgIpc) is 2.80. The van der Waals surface area contributed by atoms with Crippen molar-refractivity contribution in [3.8, 4) is 0 Å². The Morgan fingerprint density at radius 2 is 1.95 bits per heavy atom. The molecule has 0 saturated heterocycles. The Kier molecular flexibility index (Phi) is 3.59. The fourth-order valence-corrected chi connectivity index (χ4v) is 2.68. The van der Waals surface area contributed by atoms with E-state index in [0.717, 1.165) is 26.9 Å². The monoisotopic (exact) mass is 331 g/mol. The summed E-state index contributed by atoms with van der Waals surface area (Å²) in [4.78, 5) is 11.3. The van der Waals surface area contributed by atoms with Crippen LogP contribution in [0.15, 0.2) is 46.9 Å². The smallest absolute Gasteiger partial charge is 0.228 e. The molecule has 1 aliphatic heterocycles. The van der Waals surface area contributed by atoms with Crippen molar-refractivity contribution in [2.45, 2.75) is 18.9 Å². The molecule has 3 nitrogen and oxygen atoms in total. The van der Waals surface area contributed by atoms with Gasteiger partial charge in [0.2, 0.25) is 5.91 Å². The van der Waals surface area contributed by atoms with Gasteiger partial charge < -0.3 is 10.4 Å². The lowest BCUT2D eigenvalue weighted by atomic mass is 9.99. The van der Waals surface area contributed by atoms with Gasteiger partial charge in [0.05, 0.1) is 12.5 Å². The summed E-state index contributed by atoms with van der Waals surface area (Å²) in [6.45, 7) is 0. The minimum absolute atomic E-state index is 0.0135. The van der Waals surface area contributed by atoms with Crippen molar-refractivity contribution in [3.05, 3.63) is 63.6 Å². The Morgan fingerprint density at radius 3 is 2.70 bits per heavy atom. The van der Waals surface area contributed by atoms with E-state index in [1.807, 2.05) is 42.5 Å². The molecule has 20 heavy (non-hydrogen) atoms. The minimum Gasteiger partial charge on any atom is -0.388 e. The van der Waals surface area contributed by atoms with E-state index in [9.17, 15) is 9.90 Å². The number of carbonyl (C=O) groups is 1. The molecule has 4 heteroatoms. The van der Waals surface area contributed by atoms with Gasteiger partial charge in [-0.1, -0.05) is 40.2 Å². The summed E-state index contributed by atoms with van der Waals surface area (Å²) in [5.74, 6) is 0.0135. The van der Waals surface area contributed by atoms with Gasteiger partial charge in [0, 0.05) is 16.6 Å². The third kappa shape index (κ3) is 2.76. The first-order valence-electron chi connectivity index (χ1n) is 6.47. The van der Waals surface area contributed by atoms with Gasteiger partial charge in [0.25, 0.3) is 0 Å². The van der Waals surface area contributed by atoms with E-state index >= 15 is 0 Å². The van der Waals surface area contributed by atoms with Gasteiger partial charge in [0.1, 0.15) is 0 Å². The van der Waals surface area contributed by atoms with E-state index in [1.165, 1.54) is 0 Å². The van der Waals surface area contributed by atoms with Crippen molar-refractivity contribution in [1.82, 2.24) is 0 Å². The molecule has 0 radical (unpaired) electrons. The quantitative estimate of drug-likeness (QED) is 0.907. The number of anilines is 1. The van der Waals surface area contributed by atoms with Crippen molar-refractivity contribution in [2.24, 2.45) is 0 Å². The maximum atomic E-state index is 11.3. The van der Waals surface area contributed by atoms with Crippen molar-refractivity contribution in [2.75, 3.05) is 5.32 Å². The molecule has 0 bridgehead atoms. The van der Waals surface area contributed by atoms with E-state index in [0.29, 0.717) is 12.8 Å². The Hall–Kier alpha value is -1.65. The molecule has 2 N–H and O–H groups in total. The fraction of sp³-hybridized carbons (Fsp3) is 0.188. The standard InChI is InChI=1S/C16H14BrNO2/c17-13-4-1-10(2-5-13)7-15(19)11-3-6-14-12(8-11)9-16(20)18-14/h1-6,8,15,19H,7,9H2,(H,18,20). The highest BCUT2D eigenvalue weighted by Crippen LogP contribution is 2.28. The number of halogens is 1. The maximum absolute atomic E-state index is 11.3. The van der Waals surface area contributed by atoms with Crippen LogP contribution in [0.2, 0.25) is 0 Å². The van der Waals surface area contributed by atoms with Crippen LogP contribution >= 0.6 is 15.9 Å². The topological polar surface area (TPSA) is 49.3 Å². The summed E-state index contributed by atoms with van der Waals surface area (Å²) in [6, 6.07) is 13.6. The summed E-state index contributed by atoms with van der Waals surface area (Å²) >= 11 is 3.39. The van der Waals surface area contributed by atoms with Gasteiger partial charge >= 0.3 is 0 Å². The number of fused-ring (bicyclic) bond motifs is 1. The van der Waals surface area contributed by atoms with E-state index in [-0.39, 0.29) is 5.91 Å². The van der Waals surface area contributed by atoms with Gasteiger partial charge in [-0.05, 0) is 34.9 Å². The zero-order valence-corrected chi connectivity index (χ0v) is 12.4. The maximum Gasteiger partial charge on any atom is 0.228 e. The number of hydrogen-bond acceptors (Lipinski definition) is 2. The molecule has 102 valence electrons. The van der Waals surface area contributed by atoms with Crippen LogP contribution in [0.1, 0.15) is 22.8 Å². The minimum atomic E-state index is -0.558. The SMILES string of the molecule is O=C1Cc2cc(C(O)Cc3ccc(Br)cc3)ccc2N1. The first-order chi connectivity index (χ1) is 9.61. The van der Waals surface area contributed by atoms with E-state index in [4.69, 9.17) is 0 Å². The van der Waals surface area contributed by atoms with Crippen LogP contribution in [-0.4, -0.2) is 11.0 Å². The number of amides is 1. The molecule has 2 aromatic carbocycles. The molecule has 1 heterocycles. The molecule has 0 spiro atoms. The van der Waals surface area contributed by atoms with E-state index < -0.39 is 6.10 Å². The number of aliphatic hydroxyl groups excluding tert-OH is 1. The zero-order valence-electron chi connectivity index (χ0n) is 10.8. The zero-order chi connectivity index (χ0) is 14.1. The van der Waals surface area contributed by atoms with Crippen molar-refractivity contribution in [1.29, 1.82) is 0 Å². The van der Waals surface area contributed by atoms with Crippen LogP contribution in [-0.2, 0) is 17.6 Å². The van der Waals surface area contributed by atoms with Crippen molar-refractivity contribution < 1.29 is 9.90 Å². The molecule has 0 fully saturated rings. The van der Waals surface area contributed by atoms with Gasteiger partial charge in [-0.15, -0.1) is 0 Å². The molecule has 3 rings (SSSR count). The Balaban J connectivity index is 1.77. The van der Waals surface area contributed by atoms with E-state index in [1.54, 1.807) is 0 Å². The van der Waals surface area contributed by atoms with Crippen molar-refractivity contribution >= 4 is 27.5 Å².